The van der Waals surface area contributed by atoms with Gasteiger partial charge in [-0.25, -0.2) is 0 Å². The van der Waals surface area contributed by atoms with Gasteiger partial charge >= 0.3 is 0 Å². The van der Waals surface area contributed by atoms with Crippen LogP contribution in [-0.2, 0) is 11.8 Å². The van der Waals surface area contributed by atoms with E-state index in [1.807, 2.05) is 13.1 Å². The number of hydrogen-bond acceptors (Lipinski definition) is 4. The summed E-state index contributed by atoms with van der Waals surface area (Å²) in [6.07, 6.45) is 4.63. The number of hydrogen-bond donors (Lipinski definition) is 2. The lowest BCUT2D eigenvalue weighted by atomic mass is 9.51. The maximum atomic E-state index is 11.7. The molecule has 0 bridgehead atoms. The highest BCUT2D eigenvalue weighted by Gasteiger charge is 2.67. The van der Waals surface area contributed by atoms with E-state index in [2.05, 4.69) is 18.3 Å². The second-order valence-corrected chi connectivity index (χ2v) is 6.92. The lowest BCUT2D eigenvalue weighted by Crippen LogP contribution is -2.70. The molecule has 120 valence electrons. The summed E-state index contributed by atoms with van der Waals surface area (Å²) in [5, 5.41) is 15.1. The first kappa shape index (κ1) is 14.3. The third-order valence-corrected chi connectivity index (χ3v) is 6.39. The van der Waals surface area contributed by atoms with Crippen LogP contribution in [0.4, 0.5) is 0 Å². The highest BCUT2D eigenvalue weighted by molar-refractivity contribution is 5.62. The third kappa shape index (κ3) is 1.41. The van der Waals surface area contributed by atoms with Crippen molar-refractivity contribution in [2.45, 2.75) is 62.2 Å². The predicted molar refractivity (Wildman–Crippen MR) is 84.7 cm³/mol. The lowest BCUT2D eigenvalue weighted by Gasteiger charge is -2.57. The molecule has 1 fully saturated rings. The van der Waals surface area contributed by atoms with Crippen LogP contribution in [-0.4, -0.2) is 37.0 Å². The van der Waals surface area contributed by atoms with Crippen LogP contribution in [0, 0.1) is 0 Å². The summed E-state index contributed by atoms with van der Waals surface area (Å²) in [5.41, 5.74) is 1.46. The first-order valence-corrected chi connectivity index (χ1v) is 8.39. The van der Waals surface area contributed by atoms with E-state index in [0.29, 0.717) is 0 Å². The van der Waals surface area contributed by atoms with Gasteiger partial charge in [0.2, 0.25) is 0 Å². The Balaban J connectivity index is 2.03. The number of benzene rings is 1. The van der Waals surface area contributed by atoms with Gasteiger partial charge in [-0.15, -0.1) is 0 Å². The van der Waals surface area contributed by atoms with Gasteiger partial charge in [0.1, 0.15) is 6.10 Å². The van der Waals surface area contributed by atoms with Gasteiger partial charge < -0.3 is 19.9 Å². The Kier molecular flexibility index (Phi) is 3.01. The molecule has 2 unspecified atom stereocenters. The number of likely N-dealkylation sites (N-methyl/N-ethyl adjacent to an activating group) is 1. The third-order valence-electron chi connectivity index (χ3n) is 6.39. The monoisotopic (exact) mass is 303 g/mol. The van der Waals surface area contributed by atoms with Crippen molar-refractivity contribution in [3.63, 3.8) is 0 Å². The van der Waals surface area contributed by atoms with Crippen molar-refractivity contribution in [1.29, 1.82) is 0 Å². The SMILES string of the molecule is CC[C@@]12c3c4ccc(OC)c3OC1CCC[C@]2(O)C(NC)C4. The van der Waals surface area contributed by atoms with Gasteiger partial charge in [0.25, 0.3) is 0 Å². The van der Waals surface area contributed by atoms with Crippen LogP contribution in [0.2, 0.25) is 0 Å². The zero-order valence-corrected chi connectivity index (χ0v) is 13.6. The van der Waals surface area contributed by atoms with E-state index >= 15 is 0 Å². The van der Waals surface area contributed by atoms with E-state index in [1.165, 1.54) is 11.1 Å². The van der Waals surface area contributed by atoms with Crippen LogP contribution in [0.1, 0.15) is 43.7 Å². The Morgan fingerprint density at radius 2 is 2.27 bits per heavy atom. The van der Waals surface area contributed by atoms with Crippen molar-refractivity contribution in [2.75, 3.05) is 14.2 Å². The summed E-state index contributed by atoms with van der Waals surface area (Å²) in [6.45, 7) is 2.18. The number of methoxy groups -OCH3 is 1. The van der Waals surface area contributed by atoms with Crippen molar-refractivity contribution in [2.24, 2.45) is 0 Å². The first-order chi connectivity index (χ1) is 10.6. The first-order valence-electron chi connectivity index (χ1n) is 8.39. The quantitative estimate of drug-likeness (QED) is 0.898. The molecule has 0 saturated heterocycles. The number of aliphatic hydroxyl groups is 1. The maximum Gasteiger partial charge on any atom is 0.165 e. The van der Waals surface area contributed by atoms with Crippen molar-refractivity contribution in [1.82, 2.24) is 5.32 Å². The highest BCUT2D eigenvalue weighted by Crippen LogP contribution is 2.63. The smallest absolute Gasteiger partial charge is 0.165 e. The van der Waals surface area contributed by atoms with Gasteiger partial charge in [-0.1, -0.05) is 13.0 Å². The van der Waals surface area contributed by atoms with E-state index < -0.39 is 5.60 Å². The van der Waals surface area contributed by atoms with Crippen molar-refractivity contribution >= 4 is 0 Å². The zero-order chi connectivity index (χ0) is 15.5. The van der Waals surface area contributed by atoms with Gasteiger partial charge in [0, 0.05) is 11.6 Å². The Morgan fingerprint density at radius 3 is 2.95 bits per heavy atom. The fraction of sp³-hybridized carbons (Fsp3) is 0.667. The standard InChI is InChI=1S/C18H25NO3/c1-4-17-14-6-5-9-18(17,20)13(19-2)10-11-7-8-12(21-3)16(22-14)15(11)17/h7-8,13-14,19-20H,4-6,9-10H2,1-3H3/t13?,14?,17-,18-/m0/s1. The maximum absolute atomic E-state index is 11.7. The van der Waals surface area contributed by atoms with Crippen LogP contribution in [0.25, 0.3) is 0 Å². The average Bonchev–Trinajstić information content (AvgIpc) is 2.89. The molecule has 4 atom stereocenters. The molecule has 4 nitrogen and oxygen atoms in total. The minimum absolute atomic E-state index is 0.0532. The van der Waals surface area contributed by atoms with E-state index in [4.69, 9.17) is 9.47 Å². The summed E-state index contributed by atoms with van der Waals surface area (Å²) in [6, 6.07) is 4.23. The van der Waals surface area contributed by atoms with Gasteiger partial charge in [-0.3, -0.25) is 0 Å². The molecule has 0 spiro atoms. The molecule has 0 aromatic heterocycles. The van der Waals surface area contributed by atoms with E-state index in [1.54, 1.807) is 7.11 Å². The minimum Gasteiger partial charge on any atom is -0.493 e. The van der Waals surface area contributed by atoms with Crippen LogP contribution >= 0.6 is 0 Å². The normalized spacial score (nSPS) is 38.4. The highest BCUT2D eigenvalue weighted by atomic mass is 16.5. The molecule has 4 rings (SSSR count). The summed E-state index contributed by atoms with van der Waals surface area (Å²) in [7, 11) is 3.65. The molecule has 0 amide bonds. The van der Waals surface area contributed by atoms with Crippen molar-refractivity contribution in [3.8, 4) is 11.5 Å². The summed E-state index contributed by atoms with van der Waals surface area (Å²) in [4.78, 5) is 0. The van der Waals surface area contributed by atoms with E-state index in [-0.39, 0.29) is 17.6 Å². The molecule has 1 heterocycles. The fourth-order valence-electron chi connectivity index (χ4n) is 5.45. The molecule has 1 aromatic carbocycles. The average molecular weight is 303 g/mol. The summed E-state index contributed by atoms with van der Waals surface area (Å²) < 4.78 is 11.9. The lowest BCUT2D eigenvalue weighted by molar-refractivity contribution is -0.132. The molecule has 1 saturated carbocycles. The molecule has 2 N–H and O–H groups in total. The second-order valence-electron chi connectivity index (χ2n) is 6.92. The summed E-state index contributed by atoms with van der Waals surface area (Å²) in [5.74, 6) is 1.67. The van der Waals surface area contributed by atoms with Gasteiger partial charge in [0.15, 0.2) is 11.5 Å². The van der Waals surface area contributed by atoms with Crippen molar-refractivity contribution < 1.29 is 14.6 Å². The second kappa shape index (κ2) is 4.62. The Morgan fingerprint density at radius 1 is 1.45 bits per heavy atom. The van der Waals surface area contributed by atoms with Gasteiger partial charge in [0.05, 0.1) is 18.1 Å². The Hall–Kier alpha value is -1.26. The van der Waals surface area contributed by atoms with Crippen LogP contribution in [0.5, 0.6) is 11.5 Å². The topological polar surface area (TPSA) is 50.7 Å². The van der Waals surface area contributed by atoms with Gasteiger partial charge in [-0.2, -0.15) is 0 Å². The molecular formula is C18H25NO3. The predicted octanol–water partition coefficient (Wildman–Crippen LogP) is 2.16. The van der Waals surface area contributed by atoms with Crippen LogP contribution in [0.15, 0.2) is 12.1 Å². The van der Waals surface area contributed by atoms with E-state index in [9.17, 15) is 5.11 Å². The van der Waals surface area contributed by atoms with Crippen LogP contribution in [0.3, 0.4) is 0 Å². The zero-order valence-electron chi connectivity index (χ0n) is 13.6. The summed E-state index contributed by atoms with van der Waals surface area (Å²) >= 11 is 0. The molecule has 1 aliphatic heterocycles. The number of ether oxygens (including phenoxy) is 2. The largest absolute Gasteiger partial charge is 0.493 e. The fourth-order valence-corrected chi connectivity index (χ4v) is 5.45. The van der Waals surface area contributed by atoms with Crippen LogP contribution < -0.4 is 14.8 Å². The molecule has 2 aliphatic carbocycles. The number of nitrogens with one attached hydrogen (secondary N) is 1. The Bertz CT molecular complexity index is 617. The van der Waals surface area contributed by atoms with Crippen molar-refractivity contribution in [3.05, 3.63) is 23.3 Å². The molecular weight excluding hydrogens is 278 g/mol. The number of rotatable bonds is 3. The molecule has 4 heteroatoms. The van der Waals surface area contributed by atoms with Gasteiger partial charge in [-0.05, 0) is 50.8 Å². The van der Waals surface area contributed by atoms with E-state index in [0.717, 1.165) is 43.6 Å². The minimum atomic E-state index is -0.746. The Labute approximate surface area is 131 Å². The molecule has 0 radical (unpaired) electrons. The molecule has 22 heavy (non-hydrogen) atoms. The molecule has 1 aromatic rings. The molecule has 3 aliphatic rings.